The molecule has 6 nitrogen and oxygen atoms in total. The van der Waals surface area contributed by atoms with Crippen LogP contribution in [0.5, 0.6) is 0 Å². The average Bonchev–Trinajstić information content (AvgIpc) is 2.48. The van der Waals surface area contributed by atoms with Gasteiger partial charge in [-0.05, 0) is 29.8 Å². The van der Waals surface area contributed by atoms with E-state index in [2.05, 4.69) is 10.0 Å². The van der Waals surface area contributed by atoms with Gasteiger partial charge in [-0.1, -0.05) is 35.4 Å². The van der Waals surface area contributed by atoms with Crippen molar-refractivity contribution >= 4 is 21.4 Å². The van der Waals surface area contributed by atoms with Crippen LogP contribution in [-0.2, 0) is 10.0 Å². The summed E-state index contributed by atoms with van der Waals surface area (Å²) >= 11 is 0. The molecule has 0 fully saturated rings. The van der Waals surface area contributed by atoms with E-state index in [9.17, 15) is 8.42 Å². The van der Waals surface area contributed by atoms with Crippen LogP contribution in [0.15, 0.2) is 64.6 Å². The van der Waals surface area contributed by atoms with Crippen molar-refractivity contribution in [2.24, 2.45) is 5.11 Å². The summed E-state index contributed by atoms with van der Waals surface area (Å²) in [4.78, 5) is 2.79. The van der Waals surface area contributed by atoms with E-state index in [-0.39, 0.29) is 4.90 Å². The van der Waals surface area contributed by atoms with Crippen LogP contribution in [0.2, 0.25) is 0 Å². The fraction of sp³-hybridized carbons (Fsp3) is 0.0769. The Morgan fingerprint density at radius 3 is 2.20 bits per heavy atom. The molecule has 2 aromatic rings. The molecular weight excluding hydrogens is 276 g/mol. The fourth-order valence-corrected chi connectivity index (χ4v) is 2.87. The summed E-state index contributed by atoms with van der Waals surface area (Å²) in [5.74, 6) is 0. The minimum absolute atomic E-state index is 0.140. The van der Waals surface area contributed by atoms with E-state index in [4.69, 9.17) is 5.53 Å². The highest BCUT2D eigenvalue weighted by Crippen LogP contribution is 2.23. The summed E-state index contributed by atoms with van der Waals surface area (Å²) in [5, 5.41) is 3.40. The third kappa shape index (κ3) is 2.74. The zero-order valence-electron chi connectivity index (χ0n) is 10.7. The van der Waals surface area contributed by atoms with Crippen LogP contribution in [0.3, 0.4) is 0 Å². The van der Waals surface area contributed by atoms with Crippen LogP contribution in [0.1, 0.15) is 0 Å². The topological polar surface area (TPSA) is 86.1 Å². The maximum Gasteiger partial charge on any atom is 0.264 e. The fourth-order valence-electron chi connectivity index (χ4n) is 1.67. The Hall–Kier alpha value is -2.50. The summed E-state index contributed by atoms with van der Waals surface area (Å²) in [6.07, 6.45) is 0. The molecule has 0 unspecified atom stereocenters. The van der Waals surface area contributed by atoms with E-state index in [1.807, 2.05) is 6.07 Å². The Balaban J connectivity index is 2.37. The summed E-state index contributed by atoms with van der Waals surface area (Å²) < 4.78 is 26.1. The number of nitrogens with zero attached hydrogens (tertiary/aromatic N) is 4. The first-order valence-corrected chi connectivity index (χ1v) is 7.19. The van der Waals surface area contributed by atoms with E-state index < -0.39 is 10.0 Å². The smallest absolute Gasteiger partial charge is 0.264 e. The van der Waals surface area contributed by atoms with Gasteiger partial charge in [0.1, 0.15) is 0 Å². The molecule has 20 heavy (non-hydrogen) atoms. The molecule has 0 radical (unpaired) electrons. The monoisotopic (exact) mass is 288 g/mol. The van der Waals surface area contributed by atoms with E-state index in [0.29, 0.717) is 11.4 Å². The van der Waals surface area contributed by atoms with Crippen LogP contribution in [-0.4, -0.2) is 15.5 Å². The van der Waals surface area contributed by atoms with Gasteiger partial charge >= 0.3 is 0 Å². The van der Waals surface area contributed by atoms with Gasteiger partial charge in [0.2, 0.25) is 0 Å². The molecule has 0 atom stereocenters. The summed E-state index contributed by atoms with van der Waals surface area (Å²) in [7, 11) is -2.13. The lowest BCUT2D eigenvalue weighted by atomic mass is 10.3. The van der Waals surface area contributed by atoms with E-state index in [1.165, 1.54) is 35.6 Å². The lowest BCUT2D eigenvalue weighted by Crippen LogP contribution is -2.26. The van der Waals surface area contributed by atoms with Crippen LogP contribution in [0.4, 0.5) is 11.4 Å². The van der Waals surface area contributed by atoms with Gasteiger partial charge in [-0.15, -0.1) is 0 Å². The maximum absolute atomic E-state index is 12.4. The van der Waals surface area contributed by atoms with Crippen molar-refractivity contribution in [3.05, 3.63) is 65.0 Å². The molecule has 0 amide bonds. The molecular formula is C13H12N4O2S. The zero-order valence-corrected chi connectivity index (χ0v) is 11.5. The molecule has 0 aliphatic rings. The highest BCUT2D eigenvalue weighted by molar-refractivity contribution is 7.92. The van der Waals surface area contributed by atoms with E-state index >= 15 is 0 Å². The molecule has 0 aromatic heterocycles. The first kappa shape index (κ1) is 13.9. The molecule has 0 saturated carbocycles. The quantitative estimate of drug-likeness (QED) is 0.490. The highest BCUT2D eigenvalue weighted by atomic mass is 32.2. The van der Waals surface area contributed by atoms with Gasteiger partial charge < -0.3 is 0 Å². The van der Waals surface area contributed by atoms with Crippen molar-refractivity contribution in [1.29, 1.82) is 0 Å². The molecule has 0 saturated heterocycles. The van der Waals surface area contributed by atoms with Crippen molar-refractivity contribution in [1.82, 2.24) is 0 Å². The van der Waals surface area contributed by atoms with Crippen molar-refractivity contribution in [3.63, 3.8) is 0 Å². The SMILES string of the molecule is CN(c1ccccc1)S(=O)(=O)c1ccc(N=[N+]=[N-])cc1. The van der Waals surface area contributed by atoms with E-state index in [1.54, 1.807) is 24.3 Å². The molecule has 2 rings (SSSR count). The third-order valence-electron chi connectivity index (χ3n) is 2.78. The minimum Gasteiger partial charge on any atom is -0.269 e. The number of anilines is 1. The molecule has 7 heteroatoms. The molecule has 0 N–H and O–H groups in total. The Morgan fingerprint density at radius 1 is 1.05 bits per heavy atom. The standard InChI is InChI=1S/C13H12N4O2S/c1-17(12-5-3-2-4-6-12)20(18,19)13-9-7-11(8-10-13)15-16-14/h2-10H,1H3. The van der Waals surface area contributed by atoms with Crippen molar-refractivity contribution in [3.8, 4) is 0 Å². The first-order valence-electron chi connectivity index (χ1n) is 5.75. The van der Waals surface area contributed by atoms with Crippen molar-refractivity contribution < 1.29 is 8.42 Å². The molecule has 0 aliphatic carbocycles. The second-order valence-corrected chi connectivity index (χ2v) is 5.96. The number of para-hydroxylation sites is 1. The third-order valence-corrected chi connectivity index (χ3v) is 4.57. The number of benzene rings is 2. The predicted octanol–water partition coefficient (Wildman–Crippen LogP) is 3.45. The summed E-state index contributed by atoms with van der Waals surface area (Å²) in [6.45, 7) is 0. The number of rotatable bonds is 4. The largest absolute Gasteiger partial charge is 0.269 e. The Kier molecular flexibility index (Phi) is 3.93. The number of hydrogen-bond acceptors (Lipinski definition) is 3. The van der Waals surface area contributed by atoms with Gasteiger partial charge in [0, 0.05) is 17.6 Å². The molecule has 0 aliphatic heterocycles. The molecule has 0 spiro atoms. The van der Waals surface area contributed by atoms with Crippen LogP contribution in [0, 0.1) is 0 Å². The van der Waals surface area contributed by atoms with Gasteiger partial charge in [0.15, 0.2) is 0 Å². The zero-order chi connectivity index (χ0) is 14.6. The average molecular weight is 288 g/mol. The number of azide groups is 1. The number of hydrogen-bond donors (Lipinski definition) is 0. The second kappa shape index (κ2) is 5.64. The van der Waals surface area contributed by atoms with E-state index in [0.717, 1.165) is 0 Å². The second-order valence-electron chi connectivity index (χ2n) is 3.99. The molecule has 0 bridgehead atoms. The molecule has 102 valence electrons. The first-order chi connectivity index (χ1) is 9.55. The van der Waals surface area contributed by atoms with Crippen LogP contribution in [0.25, 0.3) is 10.4 Å². The van der Waals surface area contributed by atoms with Crippen LogP contribution >= 0.6 is 0 Å². The van der Waals surface area contributed by atoms with Gasteiger partial charge in [0.25, 0.3) is 10.0 Å². The Labute approximate surface area is 117 Å². The molecule has 0 heterocycles. The van der Waals surface area contributed by atoms with Gasteiger partial charge in [-0.3, -0.25) is 4.31 Å². The van der Waals surface area contributed by atoms with Crippen molar-refractivity contribution in [2.45, 2.75) is 4.90 Å². The van der Waals surface area contributed by atoms with Crippen LogP contribution < -0.4 is 4.31 Å². The molecule has 2 aromatic carbocycles. The normalized spacial score (nSPS) is 10.7. The number of sulfonamides is 1. The van der Waals surface area contributed by atoms with Gasteiger partial charge in [-0.25, -0.2) is 8.42 Å². The summed E-state index contributed by atoms with van der Waals surface area (Å²) in [6, 6.07) is 14.5. The lowest BCUT2D eigenvalue weighted by molar-refractivity contribution is 0.594. The van der Waals surface area contributed by atoms with Crippen molar-refractivity contribution in [2.75, 3.05) is 11.4 Å². The Bertz CT molecular complexity index is 736. The van der Waals surface area contributed by atoms with Gasteiger partial charge in [0.05, 0.1) is 10.6 Å². The minimum atomic E-state index is -3.63. The highest BCUT2D eigenvalue weighted by Gasteiger charge is 2.20. The summed E-state index contributed by atoms with van der Waals surface area (Å²) in [5.41, 5.74) is 9.26. The maximum atomic E-state index is 12.4. The predicted molar refractivity (Wildman–Crippen MR) is 77.3 cm³/mol. The lowest BCUT2D eigenvalue weighted by Gasteiger charge is -2.19. The van der Waals surface area contributed by atoms with Gasteiger partial charge in [-0.2, -0.15) is 0 Å². The Morgan fingerprint density at radius 2 is 1.65 bits per heavy atom.